The van der Waals surface area contributed by atoms with E-state index in [-0.39, 0.29) is 19.4 Å². The summed E-state index contributed by atoms with van der Waals surface area (Å²) in [6, 6.07) is 0. The van der Waals surface area contributed by atoms with Crippen molar-refractivity contribution in [3.05, 3.63) is 37.0 Å². The first kappa shape index (κ1) is 46.3. The average molecular weight is 699 g/mol. The topological polar surface area (TPSA) is 119 Å². The Morgan fingerprint density at radius 1 is 0.604 bits per heavy atom. The van der Waals surface area contributed by atoms with Crippen LogP contribution in [0.2, 0.25) is 0 Å². The lowest BCUT2D eigenvalue weighted by atomic mass is 10.0. The van der Waals surface area contributed by atoms with E-state index in [9.17, 15) is 14.2 Å². The van der Waals surface area contributed by atoms with Gasteiger partial charge in [-0.15, -0.1) is 6.58 Å². The molecule has 9 heteroatoms. The molecule has 0 aromatic rings. The fraction of sp³-hybridized carbons (Fsp3) is 0.795. The third-order valence-corrected chi connectivity index (χ3v) is 8.79. The zero-order valence-electron chi connectivity index (χ0n) is 30.5. The van der Waals surface area contributed by atoms with Gasteiger partial charge in [-0.2, -0.15) is 0 Å². The number of rotatable bonds is 36. The van der Waals surface area contributed by atoms with Crippen molar-refractivity contribution in [1.82, 2.24) is 0 Å². The first-order chi connectivity index (χ1) is 23.3. The smallest absolute Gasteiger partial charge is 0.462 e. The fourth-order valence-electron chi connectivity index (χ4n) is 5.40. The van der Waals surface area contributed by atoms with E-state index in [1.807, 2.05) is 6.08 Å². The van der Waals surface area contributed by atoms with Crippen LogP contribution in [0.25, 0.3) is 0 Å². The second-order valence-electron chi connectivity index (χ2n) is 13.0. The van der Waals surface area contributed by atoms with Gasteiger partial charge in [-0.25, -0.2) is 4.57 Å². The molecule has 0 amide bonds. The second kappa shape index (κ2) is 35.1. The predicted octanol–water partition coefficient (Wildman–Crippen LogP) is 11.4. The monoisotopic (exact) mass is 698 g/mol. The van der Waals surface area contributed by atoms with Gasteiger partial charge in [0, 0.05) is 12.8 Å². The molecule has 0 aliphatic rings. The Balaban J connectivity index is 3.96. The summed E-state index contributed by atoms with van der Waals surface area (Å²) in [6.45, 7) is 5.16. The lowest BCUT2D eigenvalue weighted by Crippen LogP contribution is -2.29. The number of unbranched alkanes of at least 4 members (excludes halogenated alkanes) is 22. The minimum absolute atomic E-state index is 0.207. The Bertz CT molecular complexity index is 866. The SMILES string of the molecule is C=CCCCCCCCCCCCCCCCC(=O)O[C@H](COC(=O)CCCCCCC/C=C/C=C/CCCCCC)COP(=O)(O)O. The van der Waals surface area contributed by atoms with E-state index in [4.69, 9.17) is 19.3 Å². The molecule has 0 aliphatic carbocycles. The molecule has 0 spiro atoms. The van der Waals surface area contributed by atoms with Crippen molar-refractivity contribution < 1.29 is 37.9 Å². The zero-order chi connectivity index (χ0) is 35.4. The molecule has 0 aromatic heterocycles. The maximum atomic E-state index is 12.4. The second-order valence-corrected chi connectivity index (χ2v) is 14.3. The van der Waals surface area contributed by atoms with Crippen LogP contribution >= 0.6 is 7.82 Å². The highest BCUT2D eigenvalue weighted by Crippen LogP contribution is 2.36. The molecular formula is C39H71O8P. The van der Waals surface area contributed by atoms with E-state index in [2.05, 4.69) is 42.3 Å². The van der Waals surface area contributed by atoms with Crippen LogP contribution in [0, 0.1) is 0 Å². The van der Waals surface area contributed by atoms with Gasteiger partial charge in [0.1, 0.15) is 6.61 Å². The highest BCUT2D eigenvalue weighted by molar-refractivity contribution is 7.46. The van der Waals surface area contributed by atoms with E-state index in [1.165, 1.54) is 83.5 Å². The van der Waals surface area contributed by atoms with E-state index in [0.717, 1.165) is 64.2 Å². The van der Waals surface area contributed by atoms with Crippen molar-refractivity contribution >= 4 is 19.8 Å². The van der Waals surface area contributed by atoms with Crippen LogP contribution < -0.4 is 0 Å². The van der Waals surface area contributed by atoms with Crippen molar-refractivity contribution in [2.45, 2.75) is 186 Å². The van der Waals surface area contributed by atoms with Crippen LogP contribution in [0.15, 0.2) is 37.0 Å². The van der Waals surface area contributed by atoms with E-state index >= 15 is 0 Å². The van der Waals surface area contributed by atoms with Crippen LogP contribution in [-0.4, -0.2) is 41.0 Å². The van der Waals surface area contributed by atoms with E-state index in [1.54, 1.807) is 0 Å². The van der Waals surface area contributed by atoms with Gasteiger partial charge in [0.25, 0.3) is 0 Å². The van der Waals surface area contributed by atoms with Crippen molar-refractivity contribution in [2.24, 2.45) is 0 Å². The first-order valence-corrected chi connectivity index (χ1v) is 20.8. The highest BCUT2D eigenvalue weighted by Gasteiger charge is 2.22. The number of hydrogen-bond acceptors (Lipinski definition) is 6. The molecule has 0 unspecified atom stereocenters. The zero-order valence-corrected chi connectivity index (χ0v) is 31.4. The van der Waals surface area contributed by atoms with Gasteiger partial charge in [0.2, 0.25) is 0 Å². The number of esters is 2. The lowest BCUT2D eigenvalue weighted by molar-refractivity contribution is -0.161. The van der Waals surface area contributed by atoms with Gasteiger partial charge in [-0.1, -0.05) is 146 Å². The number of carbonyl (C=O) groups is 2. The maximum Gasteiger partial charge on any atom is 0.469 e. The molecule has 1 atom stereocenters. The van der Waals surface area contributed by atoms with Crippen molar-refractivity contribution in [2.75, 3.05) is 13.2 Å². The Kier molecular flexibility index (Phi) is 33.8. The molecule has 0 bridgehead atoms. The van der Waals surface area contributed by atoms with Gasteiger partial charge in [0.15, 0.2) is 6.10 Å². The summed E-state index contributed by atoms with van der Waals surface area (Å²) in [6.07, 6.45) is 39.0. The molecule has 0 heterocycles. The average Bonchev–Trinajstić information content (AvgIpc) is 3.05. The van der Waals surface area contributed by atoms with Crippen LogP contribution in [0.4, 0.5) is 0 Å². The first-order valence-electron chi connectivity index (χ1n) is 19.3. The molecule has 0 fully saturated rings. The lowest BCUT2D eigenvalue weighted by Gasteiger charge is -2.18. The Labute approximate surface area is 293 Å². The summed E-state index contributed by atoms with van der Waals surface area (Å²) in [5.41, 5.74) is 0. The Morgan fingerprint density at radius 3 is 1.48 bits per heavy atom. The summed E-state index contributed by atoms with van der Waals surface area (Å²) < 4.78 is 26.3. The Hall–Kier alpha value is -1.73. The van der Waals surface area contributed by atoms with Gasteiger partial charge < -0.3 is 19.3 Å². The summed E-state index contributed by atoms with van der Waals surface area (Å²) in [4.78, 5) is 42.7. The number of allylic oxidation sites excluding steroid dienone is 5. The largest absolute Gasteiger partial charge is 0.469 e. The van der Waals surface area contributed by atoms with Crippen molar-refractivity contribution in [3.63, 3.8) is 0 Å². The highest BCUT2D eigenvalue weighted by atomic mass is 31.2. The normalized spacial score (nSPS) is 12.6. The Morgan fingerprint density at radius 2 is 1.02 bits per heavy atom. The van der Waals surface area contributed by atoms with Gasteiger partial charge >= 0.3 is 19.8 Å². The quantitative estimate of drug-likeness (QED) is 0.0218. The molecular weight excluding hydrogens is 627 g/mol. The molecule has 280 valence electrons. The minimum atomic E-state index is -4.75. The molecule has 0 aromatic carbocycles. The molecule has 8 nitrogen and oxygen atoms in total. The molecule has 0 saturated carbocycles. The fourth-order valence-corrected chi connectivity index (χ4v) is 5.76. The van der Waals surface area contributed by atoms with E-state index < -0.39 is 32.5 Å². The number of hydrogen-bond donors (Lipinski definition) is 2. The third-order valence-electron chi connectivity index (χ3n) is 8.31. The third kappa shape index (κ3) is 37.1. The number of carbonyl (C=O) groups excluding carboxylic acids is 2. The molecule has 0 radical (unpaired) electrons. The summed E-state index contributed by atoms with van der Waals surface area (Å²) >= 11 is 0. The van der Waals surface area contributed by atoms with Gasteiger partial charge in [0.05, 0.1) is 6.61 Å². The minimum Gasteiger partial charge on any atom is -0.462 e. The molecule has 2 N–H and O–H groups in total. The molecule has 0 rings (SSSR count). The van der Waals surface area contributed by atoms with Gasteiger partial charge in [-0.3, -0.25) is 14.1 Å². The van der Waals surface area contributed by atoms with E-state index in [0.29, 0.717) is 12.8 Å². The standard InChI is InChI=1S/C39H71O8P/c1-3-5-7-9-11-13-15-17-19-21-23-25-27-29-31-33-38(40)45-35-37(36-46-48(42,43)44)47-39(41)34-32-30-28-26-24-22-20-18-16-14-12-10-8-6-4-2/h4,13,15,17,19,37H,2-3,5-12,14,16,18,20-36H2,1H3,(H2,42,43,44)/b15-13+,19-17+/t37-/m1/s1. The molecule has 0 aliphatic heterocycles. The van der Waals surface area contributed by atoms with Crippen molar-refractivity contribution in [3.8, 4) is 0 Å². The summed E-state index contributed by atoms with van der Waals surface area (Å²) in [7, 11) is -4.75. The number of phosphoric acid groups is 1. The number of ether oxygens (including phenoxy) is 2. The van der Waals surface area contributed by atoms with Crippen LogP contribution in [-0.2, 0) is 28.2 Å². The predicted molar refractivity (Wildman–Crippen MR) is 198 cm³/mol. The summed E-state index contributed by atoms with van der Waals surface area (Å²) in [5.74, 6) is -0.904. The van der Waals surface area contributed by atoms with Crippen LogP contribution in [0.1, 0.15) is 180 Å². The molecule has 0 saturated heterocycles. The van der Waals surface area contributed by atoms with Crippen molar-refractivity contribution in [1.29, 1.82) is 0 Å². The summed E-state index contributed by atoms with van der Waals surface area (Å²) in [5, 5.41) is 0. The number of phosphoric ester groups is 1. The maximum absolute atomic E-state index is 12.4. The van der Waals surface area contributed by atoms with Crippen LogP contribution in [0.3, 0.4) is 0 Å². The van der Waals surface area contributed by atoms with Crippen LogP contribution in [0.5, 0.6) is 0 Å². The molecule has 48 heavy (non-hydrogen) atoms. The van der Waals surface area contributed by atoms with Gasteiger partial charge in [-0.05, 0) is 51.4 Å².